The molecule has 4 N–H and O–H groups in total. The van der Waals surface area contributed by atoms with E-state index in [-0.39, 0.29) is 11.7 Å². The molecule has 0 saturated heterocycles. The molecule has 0 spiro atoms. The van der Waals surface area contributed by atoms with E-state index in [9.17, 15) is 4.79 Å². The molecule has 0 bridgehead atoms. The molecular formula is C11H21N3O3. The molecule has 0 aromatic rings. The molecule has 6 nitrogen and oxygen atoms in total. The van der Waals surface area contributed by atoms with Crippen LogP contribution in [0.5, 0.6) is 0 Å². The topological polar surface area (TPSA) is 96.9 Å². The third kappa shape index (κ3) is 3.59. The van der Waals surface area contributed by atoms with E-state index in [1.54, 1.807) is 7.11 Å². The van der Waals surface area contributed by atoms with E-state index in [0.717, 1.165) is 25.7 Å². The highest BCUT2D eigenvalue weighted by Crippen LogP contribution is 2.30. The minimum atomic E-state index is -0.640. The standard InChI is InChI=1S/C11H21N3O3/c1-17-8-4-5-9(15)13-11(10(12)14-16)6-2-3-7-11/h16H,2-8H2,1H3,(H2,12,14)(H,13,15). The summed E-state index contributed by atoms with van der Waals surface area (Å²) in [5.74, 6) is 0.0330. The molecule has 1 fully saturated rings. The number of nitrogens with zero attached hydrogens (tertiary/aromatic N) is 1. The van der Waals surface area contributed by atoms with Gasteiger partial charge in [-0.1, -0.05) is 18.0 Å². The Hall–Kier alpha value is -1.30. The van der Waals surface area contributed by atoms with Gasteiger partial charge in [-0.25, -0.2) is 0 Å². The molecular weight excluding hydrogens is 222 g/mol. The predicted octanol–water partition coefficient (Wildman–Crippen LogP) is 0.588. The zero-order chi connectivity index (χ0) is 12.7. The predicted molar refractivity (Wildman–Crippen MR) is 63.9 cm³/mol. The van der Waals surface area contributed by atoms with Gasteiger partial charge in [-0.15, -0.1) is 0 Å². The highest BCUT2D eigenvalue weighted by atomic mass is 16.5. The molecule has 0 aromatic heterocycles. The fourth-order valence-electron chi connectivity index (χ4n) is 2.23. The number of hydrogen-bond donors (Lipinski definition) is 3. The van der Waals surface area contributed by atoms with Gasteiger partial charge in [0.25, 0.3) is 0 Å². The van der Waals surface area contributed by atoms with Gasteiger partial charge < -0.3 is 21.0 Å². The zero-order valence-corrected chi connectivity index (χ0v) is 10.2. The van der Waals surface area contributed by atoms with Crippen LogP contribution >= 0.6 is 0 Å². The number of amidine groups is 1. The van der Waals surface area contributed by atoms with Crippen LogP contribution in [-0.2, 0) is 9.53 Å². The van der Waals surface area contributed by atoms with Crippen LogP contribution in [0.15, 0.2) is 5.16 Å². The Morgan fingerprint density at radius 2 is 2.18 bits per heavy atom. The lowest BCUT2D eigenvalue weighted by molar-refractivity contribution is -0.122. The Balaban J connectivity index is 2.53. The van der Waals surface area contributed by atoms with Crippen molar-refractivity contribution in [1.82, 2.24) is 5.32 Å². The Kier molecular flexibility index (Phi) is 5.21. The minimum absolute atomic E-state index is 0.0736. The van der Waals surface area contributed by atoms with Crippen molar-refractivity contribution in [2.24, 2.45) is 10.9 Å². The van der Waals surface area contributed by atoms with Crippen molar-refractivity contribution in [2.75, 3.05) is 13.7 Å². The number of oxime groups is 1. The molecule has 0 aliphatic heterocycles. The third-order valence-corrected chi connectivity index (χ3v) is 3.19. The number of amides is 1. The molecule has 0 heterocycles. The lowest BCUT2D eigenvalue weighted by Crippen LogP contribution is -2.55. The molecule has 0 aromatic carbocycles. The van der Waals surface area contributed by atoms with Crippen LogP contribution in [-0.4, -0.2) is 36.2 Å². The largest absolute Gasteiger partial charge is 0.409 e. The second-order valence-corrected chi connectivity index (χ2v) is 4.42. The summed E-state index contributed by atoms with van der Waals surface area (Å²) in [6.07, 6.45) is 4.50. The first-order valence-electron chi connectivity index (χ1n) is 5.92. The Morgan fingerprint density at radius 3 is 2.71 bits per heavy atom. The Labute approximate surface area is 101 Å². The first-order chi connectivity index (χ1) is 8.14. The first kappa shape index (κ1) is 13.8. The summed E-state index contributed by atoms with van der Waals surface area (Å²) < 4.78 is 4.89. The van der Waals surface area contributed by atoms with Crippen LogP contribution in [0.2, 0.25) is 0 Å². The number of rotatable bonds is 6. The Bertz CT molecular complexity index is 286. The van der Waals surface area contributed by atoms with Crippen LogP contribution in [0.1, 0.15) is 38.5 Å². The van der Waals surface area contributed by atoms with E-state index in [0.29, 0.717) is 19.4 Å². The number of carbonyl (C=O) groups excluding carboxylic acids is 1. The van der Waals surface area contributed by atoms with Crippen LogP contribution in [0.25, 0.3) is 0 Å². The summed E-state index contributed by atoms with van der Waals surface area (Å²) in [5, 5.41) is 14.7. The van der Waals surface area contributed by atoms with Gasteiger partial charge in [0.15, 0.2) is 5.84 Å². The molecule has 0 unspecified atom stereocenters. The van der Waals surface area contributed by atoms with Gasteiger partial charge in [0.2, 0.25) is 5.91 Å². The number of hydrogen-bond acceptors (Lipinski definition) is 4. The van der Waals surface area contributed by atoms with Crippen LogP contribution in [0, 0.1) is 0 Å². The maximum absolute atomic E-state index is 11.7. The van der Waals surface area contributed by atoms with Crippen molar-refractivity contribution in [1.29, 1.82) is 0 Å². The van der Waals surface area contributed by atoms with Crippen LogP contribution in [0.3, 0.4) is 0 Å². The summed E-state index contributed by atoms with van der Waals surface area (Å²) in [4.78, 5) is 11.7. The minimum Gasteiger partial charge on any atom is -0.409 e. The number of nitrogens with one attached hydrogen (secondary N) is 1. The summed E-state index contributed by atoms with van der Waals surface area (Å²) in [6, 6.07) is 0. The van der Waals surface area contributed by atoms with Crippen LogP contribution in [0.4, 0.5) is 0 Å². The van der Waals surface area contributed by atoms with E-state index in [1.807, 2.05) is 0 Å². The van der Waals surface area contributed by atoms with Gasteiger partial charge in [0, 0.05) is 20.1 Å². The summed E-state index contributed by atoms with van der Waals surface area (Å²) in [6.45, 7) is 0.560. The van der Waals surface area contributed by atoms with Crippen molar-refractivity contribution in [3.63, 3.8) is 0 Å². The van der Waals surface area contributed by atoms with E-state index < -0.39 is 5.54 Å². The number of carbonyl (C=O) groups is 1. The molecule has 0 radical (unpaired) electrons. The highest BCUT2D eigenvalue weighted by Gasteiger charge is 2.39. The van der Waals surface area contributed by atoms with Gasteiger partial charge in [-0.3, -0.25) is 4.79 Å². The van der Waals surface area contributed by atoms with Crippen molar-refractivity contribution < 1.29 is 14.7 Å². The molecule has 1 saturated carbocycles. The van der Waals surface area contributed by atoms with Gasteiger partial charge in [-0.05, 0) is 19.3 Å². The summed E-state index contributed by atoms with van der Waals surface area (Å²) in [7, 11) is 1.60. The number of nitrogens with two attached hydrogens (primary N) is 1. The van der Waals surface area contributed by atoms with E-state index >= 15 is 0 Å². The normalized spacial score (nSPS) is 19.2. The second kappa shape index (κ2) is 6.44. The lowest BCUT2D eigenvalue weighted by atomic mass is 9.95. The van der Waals surface area contributed by atoms with Crippen molar-refractivity contribution >= 4 is 11.7 Å². The first-order valence-corrected chi connectivity index (χ1v) is 5.92. The molecule has 1 aliphatic carbocycles. The van der Waals surface area contributed by atoms with E-state index in [4.69, 9.17) is 15.7 Å². The van der Waals surface area contributed by atoms with E-state index in [1.165, 1.54) is 0 Å². The molecule has 6 heteroatoms. The monoisotopic (exact) mass is 243 g/mol. The van der Waals surface area contributed by atoms with Gasteiger partial charge >= 0.3 is 0 Å². The second-order valence-electron chi connectivity index (χ2n) is 4.42. The van der Waals surface area contributed by atoms with Crippen LogP contribution < -0.4 is 11.1 Å². The molecule has 17 heavy (non-hydrogen) atoms. The van der Waals surface area contributed by atoms with Crippen molar-refractivity contribution in [3.05, 3.63) is 0 Å². The maximum atomic E-state index is 11.7. The molecule has 1 rings (SSSR count). The quantitative estimate of drug-likeness (QED) is 0.209. The lowest BCUT2D eigenvalue weighted by Gasteiger charge is -2.28. The van der Waals surface area contributed by atoms with Crippen molar-refractivity contribution in [2.45, 2.75) is 44.1 Å². The molecule has 1 amide bonds. The molecule has 0 atom stereocenters. The smallest absolute Gasteiger partial charge is 0.220 e. The SMILES string of the molecule is COCCCC(=O)NC1(C(N)=NO)CCCC1. The van der Waals surface area contributed by atoms with Crippen molar-refractivity contribution in [3.8, 4) is 0 Å². The number of ether oxygens (including phenoxy) is 1. The van der Waals surface area contributed by atoms with Gasteiger partial charge in [0.05, 0.1) is 0 Å². The average Bonchev–Trinajstić information content (AvgIpc) is 2.78. The Morgan fingerprint density at radius 1 is 1.53 bits per heavy atom. The third-order valence-electron chi connectivity index (χ3n) is 3.19. The average molecular weight is 243 g/mol. The fraction of sp³-hybridized carbons (Fsp3) is 0.818. The number of methoxy groups -OCH3 is 1. The van der Waals surface area contributed by atoms with Gasteiger partial charge in [-0.2, -0.15) is 0 Å². The maximum Gasteiger partial charge on any atom is 0.220 e. The molecule has 98 valence electrons. The highest BCUT2D eigenvalue weighted by molar-refractivity contribution is 5.94. The molecule has 1 aliphatic rings. The zero-order valence-electron chi connectivity index (χ0n) is 10.2. The summed E-state index contributed by atoms with van der Waals surface area (Å²) >= 11 is 0. The van der Waals surface area contributed by atoms with Gasteiger partial charge in [0.1, 0.15) is 5.54 Å². The fourth-order valence-corrected chi connectivity index (χ4v) is 2.23. The summed E-state index contributed by atoms with van der Waals surface area (Å²) in [5.41, 5.74) is 5.04. The van der Waals surface area contributed by atoms with E-state index in [2.05, 4.69) is 10.5 Å².